The van der Waals surface area contributed by atoms with Gasteiger partial charge in [-0.1, -0.05) is 12.8 Å². The molecule has 0 atom stereocenters. The molecule has 0 radical (unpaired) electrons. The molecule has 1 aliphatic heterocycles. The number of hydrogen-bond donors (Lipinski definition) is 2. The lowest BCUT2D eigenvalue weighted by atomic mass is 10.1. The zero-order valence-corrected chi connectivity index (χ0v) is 9.85. The lowest BCUT2D eigenvalue weighted by Crippen LogP contribution is -2.26. The summed E-state index contributed by atoms with van der Waals surface area (Å²) < 4.78 is 0. The summed E-state index contributed by atoms with van der Waals surface area (Å²) in [6.07, 6.45) is 4.68. The molecule has 3 N–H and O–H groups in total. The molecular weight excluding hydrogens is 216 g/mol. The lowest BCUT2D eigenvalue weighted by molar-refractivity contribution is 0.0697. The Labute approximate surface area is 101 Å². The average Bonchev–Trinajstić information content (AvgIpc) is 2.56. The molecule has 0 unspecified atom stereocenters. The van der Waals surface area contributed by atoms with E-state index in [1.165, 1.54) is 12.8 Å². The first-order chi connectivity index (χ1) is 8.18. The number of hydrogen-bond acceptors (Lipinski definition) is 3. The summed E-state index contributed by atoms with van der Waals surface area (Å²) in [5, 5.41) is 9.19. The van der Waals surface area contributed by atoms with E-state index in [4.69, 9.17) is 5.73 Å². The van der Waals surface area contributed by atoms with Crippen LogP contribution in [0, 0.1) is 0 Å². The Hall–Kier alpha value is -1.71. The van der Waals surface area contributed by atoms with E-state index in [0.29, 0.717) is 11.3 Å². The minimum atomic E-state index is -0.885. The third-order valence-corrected chi connectivity index (χ3v) is 3.20. The molecule has 4 heteroatoms. The smallest absolute Gasteiger partial charge is 0.337 e. The number of nitrogens with two attached hydrogens (primary N) is 1. The molecule has 1 aromatic carbocycles. The molecule has 1 saturated heterocycles. The van der Waals surface area contributed by atoms with Gasteiger partial charge in [0.15, 0.2) is 0 Å². The first-order valence-electron chi connectivity index (χ1n) is 6.06. The predicted octanol–water partition coefficient (Wildman–Crippen LogP) is 2.35. The summed E-state index contributed by atoms with van der Waals surface area (Å²) in [6.45, 7) is 1.84. The Kier molecular flexibility index (Phi) is 3.52. The van der Waals surface area contributed by atoms with Crippen molar-refractivity contribution < 1.29 is 9.90 Å². The van der Waals surface area contributed by atoms with Crippen molar-refractivity contribution in [1.29, 1.82) is 0 Å². The molecule has 1 heterocycles. The predicted molar refractivity (Wildman–Crippen MR) is 68.5 cm³/mol. The summed E-state index contributed by atoms with van der Waals surface area (Å²) in [5.74, 6) is -0.885. The zero-order valence-electron chi connectivity index (χ0n) is 9.85. The van der Waals surface area contributed by atoms with Crippen LogP contribution in [0.25, 0.3) is 0 Å². The molecule has 0 spiro atoms. The summed E-state index contributed by atoms with van der Waals surface area (Å²) in [6, 6.07) is 5.01. The number of anilines is 2. The van der Waals surface area contributed by atoms with E-state index in [0.717, 1.165) is 31.6 Å². The average molecular weight is 234 g/mol. The van der Waals surface area contributed by atoms with Crippen LogP contribution in [0.2, 0.25) is 0 Å². The Morgan fingerprint density at radius 1 is 1.18 bits per heavy atom. The van der Waals surface area contributed by atoms with Crippen molar-refractivity contribution in [2.24, 2.45) is 0 Å². The lowest BCUT2D eigenvalue weighted by Gasteiger charge is -2.24. The number of carbonyl (C=O) groups is 1. The molecule has 1 aliphatic rings. The monoisotopic (exact) mass is 234 g/mol. The van der Waals surface area contributed by atoms with Crippen molar-refractivity contribution in [3.63, 3.8) is 0 Å². The fraction of sp³-hybridized carbons (Fsp3) is 0.462. The molecule has 17 heavy (non-hydrogen) atoms. The topological polar surface area (TPSA) is 66.6 Å². The Bertz CT molecular complexity index is 410. The Morgan fingerprint density at radius 3 is 2.41 bits per heavy atom. The van der Waals surface area contributed by atoms with Gasteiger partial charge in [-0.15, -0.1) is 0 Å². The van der Waals surface area contributed by atoms with Gasteiger partial charge in [-0.25, -0.2) is 4.79 Å². The second-order valence-electron chi connectivity index (χ2n) is 4.48. The van der Waals surface area contributed by atoms with E-state index < -0.39 is 5.97 Å². The molecule has 92 valence electrons. The molecule has 4 nitrogen and oxygen atoms in total. The van der Waals surface area contributed by atoms with Crippen molar-refractivity contribution in [3.8, 4) is 0 Å². The maximum absolute atomic E-state index is 11.2. The van der Waals surface area contributed by atoms with Crippen molar-refractivity contribution in [2.75, 3.05) is 23.7 Å². The summed E-state index contributed by atoms with van der Waals surface area (Å²) >= 11 is 0. The van der Waals surface area contributed by atoms with Crippen LogP contribution in [0.4, 0.5) is 11.4 Å². The Morgan fingerprint density at radius 2 is 1.82 bits per heavy atom. The maximum atomic E-state index is 11.2. The molecule has 0 bridgehead atoms. The van der Waals surface area contributed by atoms with Crippen molar-refractivity contribution in [3.05, 3.63) is 23.8 Å². The molecule has 0 aliphatic carbocycles. The van der Waals surface area contributed by atoms with E-state index in [1.54, 1.807) is 18.2 Å². The van der Waals surface area contributed by atoms with E-state index in [-0.39, 0.29) is 0 Å². The van der Waals surface area contributed by atoms with Crippen LogP contribution in [0.15, 0.2) is 18.2 Å². The van der Waals surface area contributed by atoms with Gasteiger partial charge >= 0.3 is 5.97 Å². The maximum Gasteiger partial charge on any atom is 0.337 e. The van der Waals surface area contributed by atoms with Crippen LogP contribution in [0.3, 0.4) is 0 Å². The zero-order chi connectivity index (χ0) is 12.3. The van der Waals surface area contributed by atoms with Gasteiger partial charge in [-0.05, 0) is 31.0 Å². The van der Waals surface area contributed by atoms with Crippen LogP contribution in [0.5, 0.6) is 0 Å². The quantitative estimate of drug-likeness (QED) is 0.771. The van der Waals surface area contributed by atoms with Crippen molar-refractivity contribution in [1.82, 2.24) is 0 Å². The fourth-order valence-electron chi connectivity index (χ4n) is 2.30. The fourth-order valence-corrected chi connectivity index (χ4v) is 2.30. The summed E-state index contributed by atoms with van der Waals surface area (Å²) in [7, 11) is 0. The Balaban J connectivity index is 2.34. The molecular formula is C13H18N2O2. The SMILES string of the molecule is Nc1ccc(C(=O)O)c(N2CCCCCC2)c1. The summed E-state index contributed by atoms with van der Waals surface area (Å²) in [5.41, 5.74) is 7.49. The van der Waals surface area contributed by atoms with E-state index >= 15 is 0 Å². The molecule has 1 fully saturated rings. The van der Waals surface area contributed by atoms with Gasteiger partial charge in [0, 0.05) is 18.8 Å². The van der Waals surface area contributed by atoms with E-state index in [1.807, 2.05) is 0 Å². The number of carboxylic acids is 1. The highest BCUT2D eigenvalue weighted by Crippen LogP contribution is 2.26. The number of nitrogen functional groups attached to an aromatic ring is 1. The normalized spacial score (nSPS) is 16.6. The second kappa shape index (κ2) is 5.08. The highest BCUT2D eigenvalue weighted by Gasteiger charge is 2.17. The molecule has 1 aromatic rings. The van der Waals surface area contributed by atoms with Gasteiger partial charge in [0.25, 0.3) is 0 Å². The molecule has 0 amide bonds. The van der Waals surface area contributed by atoms with Gasteiger partial charge < -0.3 is 15.7 Å². The minimum Gasteiger partial charge on any atom is -0.478 e. The molecule has 0 saturated carbocycles. The van der Waals surface area contributed by atoms with E-state index in [2.05, 4.69) is 4.90 Å². The van der Waals surface area contributed by atoms with Gasteiger partial charge in [-0.3, -0.25) is 0 Å². The third-order valence-electron chi connectivity index (χ3n) is 3.20. The standard InChI is InChI=1S/C13H18N2O2/c14-10-5-6-11(13(16)17)12(9-10)15-7-3-1-2-4-8-15/h5-6,9H,1-4,7-8,14H2,(H,16,17). The number of rotatable bonds is 2. The molecule has 2 rings (SSSR count). The highest BCUT2D eigenvalue weighted by molar-refractivity contribution is 5.95. The summed E-state index contributed by atoms with van der Waals surface area (Å²) in [4.78, 5) is 13.3. The number of nitrogens with zero attached hydrogens (tertiary/aromatic N) is 1. The minimum absolute atomic E-state index is 0.348. The van der Waals surface area contributed by atoms with Crippen molar-refractivity contribution >= 4 is 17.3 Å². The third kappa shape index (κ3) is 2.70. The van der Waals surface area contributed by atoms with Crippen LogP contribution in [-0.2, 0) is 0 Å². The van der Waals surface area contributed by atoms with Crippen LogP contribution in [0.1, 0.15) is 36.0 Å². The van der Waals surface area contributed by atoms with Crippen LogP contribution >= 0.6 is 0 Å². The largest absolute Gasteiger partial charge is 0.478 e. The van der Waals surface area contributed by atoms with Crippen LogP contribution < -0.4 is 10.6 Å². The van der Waals surface area contributed by atoms with E-state index in [9.17, 15) is 9.90 Å². The highest BCUT2D eigenvalue weighted by atomic mass is 16.4. The van der Waals surface area contributed by atoms with Gasteiger partial charge in [0.2, 0.25) is 0 Å². The second-order valence-corrected chi connectivity index (χ2v) is 4.48. The van der Waals surface area contributed by atoms with Gasteiger partial charge in [-0.2, -0.15) is 0 Å². The van der Waals surface area contributed by atoms with Gasteiger partial charge in [0.1, 0.15) is 0 Å². The number of benzene rings is 1. The number of aromatic carboxylic acids is 1. The molecule has 0 aromatic heterocycles. The first kappa shape index (κ1) is 11.8. The van der Waals surface area contributed by atoms with Crippen LogP contribution in [-0.4, -0.2) is 24.2 Å². The number of carboxylic acid groups (broad SMARTS) is 1. The van der Waals surface area contributed by atoms with Gasteiger partial charge in [0.05, 0.1) is 11.3 Å². The first-order valence-corrected chi connectivity index (χ1v) is 6.06. The van der Waals surface area contributed by atoms with Crippen molar-refractivity contribution in [2.45, 2.75) is 25.7 Å².